The van der Waals surface area contributed by atoms with Crippen LogP contribution < -0.4 is 5.46 Å². The number of hydrogen-bond acceptors (Lipinski definition) is 2. The van der Waals surface area contributed by atoms with Crippen molar-refractivity contribution in [3.05, 3.63) is 42.6 Å². The van der Waals surface area contributed by atoms with E-state index in [0.717, 1.165) is 10.9 Å². The molecule has 1 aromatic heterocycles. The Labute approximate surface area is 105 Å². The maximum atomic E-state index is 13.6. The first-order valence-electron chi connectivity index (χ1n) is 5.78. The number of fused-ring (bicyclic) bond motifs is 1. The van der Waals surface area contributed by atoms with Crippen LogP contribution in [0.2, 0.25) is 0 Å². The number of hydrogen-bond donors (Lipinski definition) is 1. The Morgan fingerprint density at radius 1 is 1.39 bits per heavy atom. The summed E-state index contributed by atoms with van der Waals surface area (Å²) in [5.74, 6) is 0.239. The van der Waals surface area contributed by atoms with Gasteiger partial charge in [0, 0.05) is 22.6 Å². The van der Waals surface area contributed by atoms with Gasteiger partial charge in [-0.05, 0) is 32.0 Å². The molecule has 0 radical (unpaired) electrons. The maximum absolute atomic E-state index is 13.6. The Morgan fingerprint density at radius 3 is 2.83 bits per heavy atom. The molecule has 18 heavy (non-hydrogen) atoms. The predicted molar refractivity (Wildman–Crippen MR) is 69.0 cm³/mol. The highest BCUT2D eigenvalue weighted by atomic mass is 19.1. The topological polar surface area (TPSA) is 34.2 Å². The van der Waals surface area contributed by atoms with Crippen molar-refractivity contribution in [2.45, 2.75) is 19.4 Å². The molecular formula is C13H13BFNO2. The zero-order valence-electron chi connectivity index (χ0n) is 10.3. The van der Waals surface area contributed by atoms with E-state index < -0.39 is 12.7 Å². The lowest BCUT2D eigenvalue weighted by molar-refractivity contribution is 0.173. The molecule has 0 atom stereocenters. The van der Waals surface area contributed by atoms with Gasteiger partial charge in [-0.3, -0.25) is 0 Å². The van der Waals surface area contributed by atoms with Crippen molar-refractivity contribution < 1.29 is 13.7 Å². The summed E-state index contributed by atoms with van der Waals surface area (Å²) in [7, 11) is -0.610. The average Bonchev–Trinajstić information content (AvgIpc) is 2.83. The van der Waals surface area contributed by atoms with Crippen molar-refractivity contribution in [2.75, 3.05) is 0 Å². The van der Waals surface area contributed by atoms with Crippen molar-refractivity contribution in [3.63, 3.8) is 0 Å². The molecule has 2 heterocycles. The van der Waals surface area contributed by atoms with E-state index >= 15 is 0 Å². The molecule has 1 N–H and O–H groups in total. The van der Waals surface area contributed by atoms with Gasteiger partial charge in [-0.2, -0.15) is 0 Å². The molecular weight excluding hydrogens is 232 g/mol. The molecule has 5 heteroatoms. The van der Waals surface area contributed by atoms with Gasteiger partial charge in [-0.25, -0.2) is 4.39 Å². The third-order valence-electron chi connectivity index (χ3n) is 3.24. The minimum atomic E-state index is -0.610. The van der Waals surface area contributed by atoms with E-state index in [9.17, 15) is 4.39 Å². The molecule has 0 bridgehead atoms. The van der Waals surface area contributed by atoms with E-state index in [1.54, 1.807) is 6.20 Å². The van der Waals surface area contributed by atoms with Crippen LogP contribution in [0.4, 0.5) is 4.39 Å². The summed E-state index contributed by atoms with van der Waals surface area (Å²) in [6, 6.07) is 4.77. The molecule has 2 aromatic rings. The number of halogens is 1. The molecule has 3 rings (SSSR count). The highest BCUT2D eigenvalue weighted by molar-refractivity contribution is 6.65. The highest BCUT2D eigenvalue weighted by Gasteiger charge is 2.43. The van der Waals surface area contributed by atoms with Gasteiger partial charge >= 0.3 is 7.12 Å². The van der Waals surface area contributed by atoms with E-state index in [4.69, 9.17) is 9.31 Å². The lowest BCUT2D eigenvalue weighted by Crippen LogP contribution is -2.35. The maximum Gasteiger partial charge on any atom is 0.564 e. The smallest absolute Gasteiger partial charge is 0.534 e. The second-order valence-corrected chi connectivity index (χ2v) is 4.94. The first kappa shape index (κ1) is 11.4. The van der Waals surface area contributed by atoms with Gasteiger partial charge in [0.2, 0.25) is 0 Å². The van der Waals surface area contributed by atoms with Crippen LogP contribution >= 0.6 is 0 Å². The van der Waals surface area contributed by atoms with E-state index in [2.05, 4.69) is 11.6 Å². The molecule has 0 spiro atoms. The fraction of sp³-hybridized carbons (Fsp3) is 0.231. The highest BCUT2D eigenvalue weighted by Crippen LogP contribution is 2.30. The molecule has 1 aliphatic rings. The molecule has 0 aliphatic carbocycles. The summed E-state index contributed by atoms with van der Waals surface area (Å²) < 4.78 is 24.9. The largest absolute Gasteiger partial charge is 0.564 e. The number of H-pyrrole nitrogens is 1. The quantitative estimate of drug-likeness (QED) is 0.782. The lowest BCUT2D eigenvalue weighted by atomic mass is 9.77. The van der Waals surface area contributed by atoms with Crippen LogP contribution in [0.15, 0.2) is 36.7 Å². The van der Waals surface area contributed by atoms with Gasteiger partial charge in [0.25, 0.3) is 0 Å². The molecule has 1 aromatic carbocycles. The molecule has 92 valence electrons. The Bertz CT molecular complexity index is 635. The Kier molecular flexibility index (Phi) is 2.28. The minimum Gasteiger partial charge on any atom is -0.534 e. The number of aromatic amines is 1. The average molecular weight is 245 g/mol. The van der Waals surface area contributed by atoms with Crippen molar-refractivity contribution >= 4 is 23.5 Å². The fourth-order valence-electron chi connectivity index (χ4n) is 2.11. The minimum absolute atomic E-state index is 0.317. The summed E-state index contributed by atoms with van der Waals surface area (Å²) in [5, 5.41) is 0.895. The van der Waals surface area contributed by atoms with E-state index in [-0.39, 0.29) is 5.82 Å². The number of nitrogens with one attached hydrogen (secondary N) is 1. The van der Waals surface area contributed by atoms with Crippen LogP contribution in [0.3, 0.4) is 0 Å². The van der Waals surface area contributed by atoms with E-state index in [1.165, 1.54) is 12.1 Å². The fourth-order valence-corrected chi connectivity index (χ4v) is 2.11. The first-order chi connectivity index (χ1) is 8.47. The van der Waals surface area contributed by atoms with E-state index in [0.29, 0.717) is 11.2 Å². The Balaban J connectivity index is 2.10. The van der Waals surface area contributed by atoms with Gasteiger partial charge in [0.1, 0.15) is 11.4 Å². The van der Waals surface area contributed by atoms with Crippen LogP contribution in [-0.4, -0.2) is 17.7 Å². The van der Waals surface area contributed by atoms with Crippen LogP contribution in [0.5, 0.6) is 0 Å². The Morgan fingerprint density at radius 2 is 2.17 bits per heavy atom. The standard InChI is InChI=1S/C13H13BFNO2/c1-8-13(2,3)18-14(17-8)11-6-9(15)7-12-10(11)4-5-16-12/h4-7,16H,1H2,2-3H3. The zero-order chi connectivity index (χ0) is 12.9. The normalized spacial score (nSPS) is 18.4. The summed E-state index contributed by atoms with van der Waals surface area (Å²) in [5.41, 5.74) is 0.852. The van der Waals surface area contributed by atoms with Crippen molar-refractivity contribution in [1.29, 1.82) is 0 Å². The molecule has 0 amide bonds. The molecule has 0 saturated carbocycles. The van der Waals surface area contributed by atoms with Gasteiger partial charge in [0.15, 0.2) is 0 Å². The summed E-state index contributed by atoms with van der Waals surface area (Å²) in [6.45, 7) is 7.58. The molecule has 1 fully saturated rings. The van der Waals surface area contributed by atoms with Crippen LogP contribution in [-0.2, 0) is 9.31 Å². The van der Waals surface area contributed by atoms with Gasteiger partial charge in [-0.15, -0.1) is 0 Å². The summed E-state index contributed by atoms with van der Waals surface area (Å²) >= 11 is 0. The summed E-state index contributed by atoms with van der Waals surface area (Å²) in [4.78, 5) is 2.98. The lowest BCUT2D eigenvalue weighted by Gasteiger charge is -2.15. The SMILES string of the molecule is C=C1OB(c2cc(F)cc3[nH]ccc23)OC1(C)C. The molecule has 1 aliphatic heterocycles. The summed E-state index contributed by atoms with van der Waals surface area (Å²) in [6.07, 6.45) is 1.77. The second kappa shape index (κ2) is 3.62. The van der Waals surface area contributed by atoms with Gasteiger partial charge in [0.05, 0.1) is 5.76 Å². The van der Waals surface area contributed by atoms with Gasteiger partial charge in [-0.1, -0.05) is 6.58 Å². The zero-order valence-corrected chi connectivity index (χ0v) is 10.3. The molecule has 3 nitrogen and oxygen atoms in total. The molecule has 1 saturated heterocycles. The third kappa shape index (κ3) is 1.63. The van der Waals surface area contributed by atoms with Crippen molar-refractivity contribution in [3.8, 4) is 0 Å². The first-order valence-corrected chi connectivity index (χ1v) is 5.78. The van der Waals surface area contributed by atoms with Crippen LogP contribution in [0.25, 0.3) is 10.9 Å². The number of rotatable bonds is 1. The third-order valence-corrected chi connectivity index (χ3v) is 3.24. The van der Waals surface area contributed by atoms with Gasteiger partial charge < -0.3 is 14.3 Å². The monoisotopic (exact) mass is 245 g/mol. The van der Waals surface area contributed by atoms with Crippen LogP contribution in [0, 0.1) is 5.82 Å². The molecule has 0 unspecified atom stereocenters. The number of benzene rings is 1. The predicted octanol–water partition coefficient (Wildman–Crippen LogP) is 2.34. The Hall–Kier alpha value is -1.75. The van der Waals surface area contributed by atoms with Crippen molar-refractivity contribution in [1.82, 2.24) is 4.98 Å². The number of aromatic nitrogens is 1. The van der Waals surface area contributed by atoms with Crippen LogP contribution in [0.1, 0.15) is 13.8 Å². The van der Waals surface area contributed by atoms with E-state index in [1.807, 2.05) is 19.9 Å². The second-order valence-electron chi connectivity index (χ2n) is 4.94. The van der Waals surface area contributed by atoms with Crippen molar-refractivity contribution in [2.24, 2.45) is 0 Å².